The number of hydrogen-bond donors (Lipinski definition) is 0. The number of allylic oxidation sites excluding steroid dienone is 2. The molecule has 0 aromatic heterocycles. The first kappa shape index (κ1) is 9.76. The summed E-state index contributed by atoms with van der Waals surface area (Å²) in [4.78, 5) is 1.21. The van der Waals surface area contributed by atoms with Gasteiger partial charge in [0.2, 0.25) is 0 Å². The molecule has 0 amide bonds. The van der Waals surface area contributed by atoms with E-state index in [-0.39, 0.29) is 5.41 Å². The number of rotatable bonds is 2. The Hall–Kier alpha value is -0.240. The molecule has 0 heterocycles. The minimum atomic E-state index is 0.252. The van der Waals surface area contributed by atoms with Crippen molar-refractivity contribution in [1.82, 2.24) is 0 Å². The lowest BCUT2D eigenvalue weighted by molar-refractivity contribution is 0.542. The molecule has 0 aliphatic carbocycles. The van der Waals surface area contributed by atoms with Crippen LogP contribution in [0.2, 0.25) is 0 Å². The lowest BCUT2D eigenvalue weighted by atomic mass is 9.96. The third-order valence-corrected chi connectivity index (χ3v) is 1.38. The van der Waals surface area contributed by atoms with Gasteiger partial charge in [0.15, 0.2) is 0 Å². The van der Waals surface area contributed by atoms with Crippen LogP contribution in [-0.2, 0) is 0 Å². The molecule has 2 heteroatoms. The van der Waals surface area contributed by atoms with Gasteiger partial charge in [0.1, 0.15) is 0 Å². The van der Waals surface area contributed by atoms with Crippen molar-refractivity contribution >= 4 is 18.7 Å². The molecule has 0 saturated carbocycles. The van der Waals surface area contributed by atoms with E-state index in [0.29, 0.717) is 0 Å². The van der Waals surface area contributed by atoms with E-state index in [0.717, 1.165) is 0 Å². The Morgan fingerprint density at radius 1 is 1.50 bits per heavy atom. The van der Waals surface area contributed by atoms with Crippen LogP contribution >= 0.6 is 11.9 Å². The largest absolute Gasteiger partial charge is 0.228 e. The molecule has 0 unspecified atom stereocenters. The predicted octanol–water partition coefficient (Wildman–Crippen LogP) is 3.29. The molecular formula is C8H15NS. The van der Waals surface area contributed by atoms with Gasteiger partial charge in [-0.15, -0.1) is 0 Å². The highest BCUT2D eigenvalue weighted by atomic mass is 32.2. The summed E-state index contributed by atoms with van der Waals surface area (Å²) in [6.07, 6.45) is 2.19. The van der Waals surface area contributed by atoms with Crippen molar-refractivity contribution in [2.24, 2.45) is 9.81 Å². The third-order valence-electron chi connectivity index (χ3n) is 0.845. The first-order valence-electron chi connectivity index (χ1n) is 3.28. The van der Waals surface area contributed by atoms with Crippen LogP contribution in [0.15, 0.2) is 15.4 Å². The Labute approximate surface area is 67.8 Å². The zero-order chi connectivity index (χ0) is 8.20. The van der Waals surface area contributed by atoms with Crippen LogP contribution in [0.5, 0.6) is 0 Å². The second-order valence-corrected chi connectivity index (χ2v) is 4.43. The molecule has 0 N–H and O–H groups in total. The summed E-state index contributed by atoms with van der Waals surface area (Å²) in [6.45, 7) is 11.9. The molecule has 0 spiro atoms. The molecule has 10 heavy (non-hydrogen) atoms. The highest BCUT2D eigenvalue weighted by Gasteiger charge is 2.05. The number of hydrogen-bond acceptors (Lipinski definition) is 2. The molecule has 0 bridgehead atoms. The fraction of sp³-hybridized carbons (Fsp3) is 0.625. The first-order chi connectivity index (χ1) is 4.45. The van der Waals surface area contributed by atoms with Crippen molar-refractivity contribution in [2.75, 3.05) is 0 Å². The second kappa shape index (κ2) is 3.81. The van der Waals surface area contributed by atoms with Crippen LogP contribution < -0.4 is 0 Å². The van der Waals surface area contributed by atoms with E-state index >= 15 is 0 Å². The maximum absolute atomic E-state index is 3.72. The predicted molar refractivity (Wildman–Crippen MR) is 50.4 cm³/mol. The normalized spacial score (nSPS) is 13.4. The molecule has 0 aliphatic rings. The van der Waals surface area contributed by atoms with E-state index in [1.165, 1.54) is 16.9 Å². The highest BCUT2D eigenvalue weighted by molar-refractivity contribution is 8.01. The van der Waals surface area contributed by atoms with Crippen molar-refractivity contribution in [3.05, 3.63) is 11.0 Å². The first-order valence-corrected chi connectivity index (χ1v) is 4.05. The van der Waals surface area contributed by atoms with Crippen molar-refractivity contribution < 1.29 is 0 Å². The average molecular weight is 157 g/mol. The van der Waals surface area contributed by atoms with Gasteiger partial charge in [0, 0.05) is 16.9 Å². The monoisotopic (exact) mass is 157 g/mol. The third kappa shape index (κ3) is 5.89. The summed E-state index contributed by atoms with van der Waals surface area (Å²) in [7, 11) is 0. The Morgan fingerprint density at radius 2 is 2.00 bits per heavy atom. The molecule has 0 atom stereocenters. The minimum absolute atomic E-state index is 0.252. The maximum Gasteiger partial charge on any atom is 0.00439 e. The molecule has 0 fully saturated rings. The molecule has 0 aromatic carbocycles. The summed E-state index contributed by atoms with van der Waals surface area (Å²) in [5.41, 5.74) is 0.252. The molecular weight excluding hydrogens is 142 g/mol. The SMILES string of the molecule is C=NS/C(C)=C\C(C)(C)C. The minimum Gasteiger partial charge on any atom is -0.228 e. The topological polar surface area (TPSA) is 12.4 Å². The summed E-state index contributed by atoms with van der Waals surface area (Å²) < 4.78 is 3.72. The second-order valence-electron chi connectivity index (χ2n) is 3.34. The van der Waals surface area contributed by atoms with Crippen LogP contribution in [0.1, 0.15) is 27.7 Å². The van der Waals surface area contributed by atoms with Crippen LogP contribution in [0.3, 0.4) is 0 Å². The molecule has 0 saturated heterocycles. The average Bonchev–Trinajstić information content (AvgIpc) is 1.59. The molecule has 0 radical (unpaired) electrons. The Morgan fingerprint density at radius 3 is 2.30 bits per heavy atom. The van der Waals surface area contributed by atoms with E-state index < -0.39 is 0 Å². The molecule has 0 aromatic rings. The molecule has 1 nitrogen and oxygen atoms in total. The standard InChI is InChI=1S/C8H15NS/c1-7(10-9-5)6-8(2,3)4/h6H,5H2,1-4H3/b7-6-. The van der Waals surface area contributed by atoms with E-state index in [4.69, 9.17) is 0 Å². The maximum atomic E-state index is 3.72. The van der Waals surface area contributed by atoms with Gasteiger partial charge in [0.05, 0.1) is 0 Å². The van der Waals surface area contributed by atoms with Crippen molar-refractivity contribution in [2.45, 2.75) is 27.7 Å². The highest BCUT2D eigenvalue weighted by Crippen LogP contribution is 2.23. The Bertz CT molecular complexity index is 142. The lowest BCUT2D eigenvalue weighted by Crippen LogP contribution is -1.99. The summed E-state index contributed by atoms with van der Waals surface area (Å²) in [5.74, 6) is 0. The quantitative estimate of drug-likeness (QED) is 0.442. The van der Waals surface area contributed by atoms with Crippen LogP contribution in [-0.4, -0.2) is 6.72 Å². The Kier molecular flexibility index (Phi) is 3.72. The zero-order valence-electron chi connectivity index (χ0n) is 7.14. The fourth-order valence-corrected chi connectivity index (χ4v) is 1.35. The van der Waals surface area contributed by atoms with Gasteiger partial charge in [-0.25, -0.2) is 4.40 Å². The van der Waals surface area contributed by atoms with Gasteiger partial charge in [-0.2, -0.15) is 0 Å². The van der Waals surface area contributed by atoms with Gasteiger partial charge < -0.3 is 0 Å². The van der Waals surface area contributed by atoms with E-state index in [1.807, 2.05) is 6.92 Å². The van der Waals surface area contributed by atoms with E-state index in [2.05, 4.69) is 38.0 Å². The Balaban J connectivity index is 4.02. The summed E-state index contributed by atoms with van der Waals surface area (Å²) in [5, 5.41) is 0. The lowest BCUT2D eigenvalue weighted by Gasteiger charge is -2.12. The van der Waals surface area contributed by atoms with E-state index in [9.17, 15) is 0 Å². The van der Waals surface area contributed by atoms with E-state index in [1.54, 1.807) is 0 Å². The van der Waals surface area contributed by atoms with Crippen molar-refractivity contribution in [3.8, 4) is 0 Å². The van der Waals surface area contributed by atoms with Crippen molar-refractivity contribution in [3.63, 3.8) is 0 Å². The fourth-order valence-electron chi connectivity index (χ4n) is 0.738. The van der Waals surface area contributed by atoms with Crippen molar-refractivity contribution in [1.29, 1.82) is 0 Å². The summed E-state index contributed by atoms with van der Waals surface area (Å²) >= 11 is 1.43. The molecule has 0 aliphatic heterocycles. The van der Waals surface area contributed by atoms with Crippen LogP contribution in [0.25, 0.3) is 0 Å². The van der Waals surface area contributed by atoms with Gasteiger partial charge >= 0.3 is 0 Å². The van der Waals surface area contributed by atoms with Crippen LogP contribution in [0.4, 0.5) is 0 Å². The van der Waals surface area contributed by atoms with Gasteiger partial charge in [0.25, 0.3) is 0 Å². The summed E-state index contributed by atoms with van der Waals surface area (Å²) in [6, 6.07) is 0. The number of nitrogens with zero attached hydrogens (tertiary/aromatic N) is 1. The smallest absolute Gasteiger partial charge is 0.00439 e. The molecule has 0 rings (SSSR count). The van der Waals surface area contributed by atoms with Gasteiger partial charge in [-0.1, -0.05) is 26.8 Å². The molecule has 58 valence electrons. The van der Waals surface area contributed by atoms with Gasteiger partial charge in [-0.05, 0) is 19.1 Å². The van der Waals surface area contributed by atoms with Gasteiger partial charge in [-0.3, -0.25) is 0 Å². The zero-order valence-corrected chi connectivity index (χ0v) is 7.96. The van der Waals surface area contributed by atoms with Crippen LogP contribution in [0, 0.1) is 5.41 Å².